The van der Waals surface area contributed by atoms with Gasteiger partial charge in [0.15, 0.2) is 5.96 Å². The predicted molar refractivity (Wildman–Crippen MR) is 139 cm³/mol. The molecule has 0 amide bonds. The van der Waals surface area contributed by atoms with Crippen LogP contribution in [0, 0.1) is 6.92 Å². The third kappa shape index (κ3) is 7.45. The number of guanidine groups is 1. The van der Waals surface area contributed by atoms with Gasteiger partial charge in [-0.2, -0.15) is 0 Å². The molecule has 1 aromatic heterocycles. The largest absolute Gasteiger partial charge is 0.444 e. The first-order valence-corrected chi connectivity index (χ1v) is 12.6. The number of aryl methyl sites for hydroxylation is 1. The molecule has 0 bridgehead atoms. The van der Waals surface area contributed by atoms with E-state index in [1.54, 1.807) is 10.6 Å². The Bertz CT molecular complexity index is 968. The molecule has 0 aliphatic carbocycles. The minimum Gasteiger partial charge on any atom is -0.444 e. The summed E-state index contributed by atoms with van der Waals surface area (Å²) in [5.41, 5.74) is 2.89. The Morgan fingerprint density at radius 3 is 2.53 bits per heavy atom. The predicted octanol–water partition coefficient (Wildman–Crippen LogP) is 3.53. The van der Waals surface area contributed by atoms with E-state index in [0.717, 1.165) is 30.6 Å². The van der Waals surface area contributed by atoms with Crippen LogP contribution in [0.25, 0.3) is 11.5 Å². The van der Waals surface area contributed by atoms with Crippen LogP contribution in [-0.2, 0) is 16.6 Å². The third-order valence-corrected chi connectivity index (χ3v) is 7.32. The lowest BCUT2D eigenvalue weighted by Gasteiger charge is -2.32. The fourth-order valence-electron chi connectivity index (χ4n) is 3.55. The van der Waals surface area contributed by atoms with Gasteiger partial charge in [-0.3, -0.25) is 0 Å². The smallest absolute Gasteiger partial charge is 0.226 e. The number of hydrogen-bond donors (Lipinski definition) is 2. The van der Waals surface area contributed by atoms with Crippen LogP contribution in [0.15, 0.2) is 39.9 Å². The van der Waals surface area contributed by atoms with Gasteiger partial charge in [0, 0.05) is 31.2 Å². The average Bonchev–Trinajstić information content (AvgIpc) is 3.22. The summed E-state index contributed by atoms with van der Waals surface area (Å²) in [4.78, 5) is 9.18. The van der Waals surface area contributed by atoms with Crippen molar-refractivity contribution in [1.82, 2.24) is 19.9 Å². The normalized spacial score (nSPS) is 15.9. The number of piperidine rings is 1. The van der Waals surface area contributed by atoms with Crippen LogP contribution in [0.5, 0.6) is 0 Å². The Balaban J connectivity index is 0.00000363. The zero-order valence-electron chi connectivity index (χ0n) is 19.0. The van der Waals surface area contributed by atoms with Gasteiger partial charge in [0.1, 0.15) is 12.0 Å². The highest BCUT2D eigenvalue weighted by molar-refractivity contribution is 14.0. The van der Waals surface area contributed by atoms with E-state index in [1.165, 1.54) is 5.56 Å². The molecule has 1 aliphatic heterocycles. The molecule has 8 nitrogen and oxygen atoms in total. The van der Waals surface area contributed by atoms with Crippen molar-refractivity contribution >= 4 is 40.0 Å². The van der Waals surface area contributed by atoms with Crippen LogP contribution < -0.4 is 10.6 Å². The zero-order chi connectivity index (χ0) is 22.3. The molecule has 1 saturated heterocycles. The molecule has 0 saturated carbocycles. The highest BCUT2D eigenvalue weighted by Crippen LogP contribution is 2.19. The van der Waals surface area contributed by atoms with Gasteiger partial charge >= 0.3 is 0 Å². The maximum atomic E-state index is 12.3. The topological polar surface area (TPSA) is 99.8 Å². The molecule has 3 rings (SSSR count). The lowest BCUT2D eigenvalue weighted by molar-refractivity contribution is 0.306. The van der Waals surface area contributed by atoms with Crippen LogP contribution >= 0.6 is 24.0 Å². The molecule has 10 heteroatoms. The van der Waals surface area contributed by atoms with Crippen LogP contribution in [0.3, 0.4) is 0 Å². The summed E-state index contributed by atoms with van der Waals surface area (Å²) < 4.78 is 31.7. The molecule has 2 N–H and O–H groups in total. The number of hydrogen-bond acceptors (Lipinski definition) is 5. The minimum absolute atomic E-state index is 0. The van der Waals surface area contributed by atoms with Gasteiger partial charge in [-0.05, 0) is 45.2 Å². The summed E-state index contributed by atoms with van der Waals surface area (Å²) in [6.45, 7) is 8.18. The number of aliphatic imine (C=N–C) groups is 1. The van der Waals surface area contributed by atoms with E-state index in [9.17, 15) is 8.42 Å². The number of halogens is 1. The summed E-state index contributed by atoms with van der Waals surface area (Å²) in [5.74, 6) is 1.51. The summed E-state index contributed by atoms with van der Waals surface area (Å²) in [6.07, 6.45) is 3.80. The first-order chi connectivity index (χ1) is 14.9. The second-order valence-corrected chi connectivity index (χ2v) is 9.93. The van der Waals surface area contributed by atoms with Gasteiger partial charge in [-0.25, -0.2) is 22.7 Å². The molecule has 0 unspecified atom stereocenters. The van der Waals surface area contributed by atoms with Gasteiger partial charge < -0.3 is 15.1 Å². The monoisotopic (exact) mass is 575 g/mol. The Hall–Kier alpha value is -1.66. The van der Waals surface area contributed by atoms with E-state index >= 15 is 0 Å². The molecule has 2 aromatic rings. The molecule has 178 valence electrons. The maximum Gasteiger partial charge on any atom is 0.226 e. The molecule has 32 heavy (non-hydrogen) atoms. The first kappa shape index (κ1) is 26.6. The molecular weight excluding hydrogens is 541 g/mol. The van der Waals surface area contributed by atoms with Crippen molar-refractivity contribution in [2.45, 2.75) is 52.6 Å². The van der Waals surface area contributed by atoms with Gasteiger partial charge in [0.05, 0.1) is 12.3 Å². The second-order valence-electron chi connectivity index (χ2n) is 7.84. The van der Waals surface area contributed by atoms with Crippen molar-refractivity contribution in [3.05, 3.63) is 41.8 Å². The fourth-order valence-corrected chi connectivity index (χ4v) is 5.09. The molecule has 0 spiro atoms. The first-order valence-electron chi connectivity index (χ1n) is 11.0. The Morgan fingerprint density at radius 1 is 1.22 bits per heavy atom. The second kappa shape index (κ2) is 12.5. The summed E-state index contributed by atoms with van der Waals surface area (Å²) in [5, 5.41) is 6.69. The summed E-state index contributed by atoms with van der Waals surface area (Å²) in [6, 6.07) is 8.23. The number of nitrogens with one attached hydrogen (secondary N) is 2. The van der Waals surface area contributed by atoms with Crippen molar-refractivity contribution in [1.29, 1.82) is 0 Å². The Morgan fingerprint density at radius 2 is 1.91 bits per heavy atom. The maximum absolute atomic E-state index is 12.3. The SMILES string of the molecule is CCCS(=O)(=O)N1CCC(NC(=NCc2coc(-c3ccc(C)cc3)n2)NCC)CC1.I. The summed E-state index contributed by atoms with van der Waals surface area (Å²) in [7, 11) is -3.12. The van der Waals surface area contributed by atoms with Crippen LogP contribution in [0.2, 0.25) is 0 Å². The average molecular weight is 576 g/mol. The van der Waals surface area contributed by atoms with Crippen LogP contribution in [-0.4, -0.2) is 55.1 Å². The van der Waals surface area contributed by atoms with E-state index in [2.05, 4.69) is 20.6 Å². The Kier molecular flexibility index (Phi) is 10.4. The molecule has 1 aliphatic rings. The number of benzene rings is 1. The van der Waals surface area contributed by atoms with Crippen LogP contribution in [0.4, 0.5) is 0 Å². The van der Waals surface area contributed by atoms with Crippen molar-refractivity contribution in [3.8, 4) is 11.5 Å². The van der Waals surface area contributed by atoms with E-state index < -0.39 is 10.0 Å². The Labute approximate surface area is 208 Å². The molecule has 2 heterocycles. The minimum atomic E-state index is -3.12. The van der Waals surface area contributed by atoms with Crippen molar-refractivity contribution in [2.24, 2.45) is 4.99 Å². The van der Waals surface area contributed by atoms with E-state index in [1.807, 2.05) is 45.0 Å². The quantitative estimate of drug-likeness (QED) is 0.284. The lowest BCUT2D eigenvalue weighted by atomic mass is 10.1. The van der Waals surface area contributed by atoms with Crippen molar-refractivity contribution in [2.75, 3.05) is 25.4 Å². The fraction of sp³-hybridized carbons (Fsp3) is 0.545. The number of oxazole rings is 1. The van der Waals surface area contributed by atoms with E-state index in [0.29, 0.717) is 37.9 Å². The zero-order valence-corrected chi connectivity index (χ0v) is 22.2. The highest BCUT2D eigenvalue weighted by atomic mass is 127. The molecule has 1 aromatic carbocycles. The van der Waals surface area contributed by atoms with E-state index in [-0.39, 0.29) is 35.8 Å². The molecule has 1 fully saturated rings. The van der Waals surface area contributed by atoms with Crippen molar-refractivity contribution in [3.63, 3.8) is 0 Å². The van der Waals surface area contributed by atoms with E-state index in [4.69, 9.17) is 4.42 Å². The molecule has 0 atom stereocenters. The number of rotatable bonds is 8. The van der Waals surface area contributed by atoms with Gasteiger partial charge in [-0.1, -0.05) is 24.6 Å². The van der Waals surface area contributed by atoms with Crippen molar-refractivity contribution < 1.29 is 12.8 Å². The van der Waals surface area contributed by atoms with Gasteiger partial charge in [0.2, 0.25) is 15.9 Å². The summed E-state index contributed by atoms with van der Waals surface area (Å²) >= 11 is 0. The molecule has 0 radical (unpaired) electrons. The van der Waals surface area contributed by atoms with Gasteiger partial charge in [0.25, 0.3) is 0 Å². The van der Waals surface area contributed by atoms with Gasteiger partial charge in [-0.15, -0.1) is 24.0 Å². The number of sulfonamides is 1. The number of nitrogens with zero attached hydrogens (tertiary/aromatic N) is 3. The standard InChI is InChI=1S/C22H33N5O3S.HI/c1-4-14-31(28,29)27-12-10-19(11-13-27)26-22(23-5-2)24-15-20-16-30-21(25-20)18-8-6-17(3)7-9-18;/h6-9,16,19H,4-5,10-15H2,1-3H3,(H2,23,24,26);1H. The lowest BCUT2D eigenvalue weighted by Crippen LogP contribution is -2.50. The third-order valence-electron chi connectivity index (χ3n) is 5.24. The molecular formula is C22H34IN5O3S. The number of aromatic nitrogens is 1. The van der Waals surface area contributed by atoms with Crippen LogP contribution in [0.1, 0.15) is 44.4 Å². The highest BCUT2D eigenvalue weighted by Gasteiger charge is 2.27.